The number of morpholine rings is 1. The SMILES string of the molecule is O=C(c1ccccc1Br)N1CCOC(c2ccc(Cl)cc2)C1. The van der Waals surface area contributed by atoms with Gasteiger partial charge in [0.2, 0.25) is 0 Å². The van der Waals surface area contributed by atoms with Gasteiger partial charge < -0.3 is 9.64 Å². The Morgan fingerprint density at radius 3 is 2.64 bits per heavy atom. The Labute approximate surface area is 143 Å². The summed E-state index contributed by atoms with van der Waals surface area (Å²) in [6.07, 6.45) is -0.113. The Bertz CT molecular complexity index is 675. The van der Waals surface area contributed by atoms with Crippen LogP contribution >= 0.6 is 27.5 Å². The van der Waals surface area contributed by atoms with Crippen molar-refractivity contribution in [2.75, 3.05) is 19.7 Å². The molecular formula is C17H15BrClNO2. The zero-order valence-corrected chi connectivity index (χ0v) is 14.2. The summed E-state index contributed by atoms with van der Waals surface area (Å²) in [5.74, 6) is 0.0229. The Kier molecular flexibility index (Phi) is 4.81. The first-order valence-corrected chi connectivity index (χ1v) is 8.23. The number of benzene rings is 2. The van der Waals surface area contributed by atoms with E-state index < -0.39 is 0 Å². The van der Waals surface area contributed by atoms with Crippen LogP contribution in [0.1, 0.15) is 22.0 Å². The van der Waals surface area contributed by atoms with Crippen LogP contribution in [-0.4, -0.2) is 30.5 Å². The van der Waals surface area contributed by atoms with Gasteiger partial charge >= 0.3 is 0 Å². The first kappa shape index (κ1) is 15.5. The highest BCUT2D eigenvalue weighted by atomic mass is 79.9. The number of carbonyl (C=O) groups is 1. The molecule has 3 nitrogen and oxygen atoms in total. The van der Waals surface area contributed by atoms with Gasteiger partial charge in [0, 0.05) is 16.0 Å². The standard InChI is InChI=1S/C17H15BrClNO2/c18-15-4-2-1-3-14(15)17(21)20-9-10-22-16(11-20)12-5-7-13(19)8-6-12/h1-8,16H,9-11H2. The van der Waals surface area contributed by atoms with Crippen molar-refractivity contribution >= 4 is 33.4 Å². The Morgan fingerprint density at radius 2 is 1.91 bits per heavy atom. The average molecular weight is 381 g/mol. The van der Waals surface area contributed by atoms with Crippen LogP contribution in [0.4, 0.5) is 0 Å². The molecule has 3 rings (SSSR count). The van der Waals surface area contributed by atoms with Crippen LogP contribution in [0.25, 0.3) is 0 Å². The zero-order chi connectivity index (χ0) is 15.5. The topological polar surface area (TPSA) is 29.5 Å². The molecule has 0 aliphatic carbocycles. The van der Waals surface area contributed by atoms with Crippen molar-refractivity contribution < 1.29 is 9.53 Å². The first-order valence-electron chi connectivity index (χ1n) is 7.06. The van der Waals surface area contributed by atoms with E-state index in [0.717, 1.165) is 10.0 Å². The van der Waals surface area contributed by atoms with Crippen LogP contribution in [0.5, 0.6) is 0 Å². The van der Waals surface area contributed by atoms with Crippen molar-refractivity contribution in [3.63, 3.8) is 0 Å². The van der Waals surface area contributed by atoms with Gasteiger partial charge in [0.05, 0.1) is 18.7 Å². The Hall–Kier alpha value is -1.36. The van der Waals surface area contributed by atoms with E-state index in [9.17, 15) is 4.79 Å². The van der Waals surface area contributed by atoms with Gasteiger partial charge in [-0.25, -0.2) is 0 Å². The monoisotopic (exact) mass is 379 g/mol. The highest BCUT2D eigenvalue weighted by molar-refractivity contribution is 9.10. The summed E-state index contributed by atoms with van der Waals surface area (Å²) in [4.78, 5) is 14.5. The quantitative estimate of drug-likeness (QED) is 0.777. The van der Waals surface area contributed by atoms with Gasteiger partial charge in [0.15, 0.2) is 0 Å². The van der Waals surface area contributed by atoms with E-state index in [0.29, 0.717) is 30.3 Å². The average Bonchev–Trinajstić information content (AvgIpc) is 2.55. The number of hydrogen-bond donors (Lipinski definition) is 0. The number of rotatable bonds is 2. The normalized spacial score (nSPS) is 18.3. The molecule has 114 valence electrons. The number of carbonyl (C=O) groups excluding carboxylic acids is 1. The lowest BCUT2D eigenvalue weighted by Crippen LogP contribution is -2.42. The third kappa shape index (κ3) is 3.35. The molecule has 0 saturated carbocycles. The third-order valence-electron chi connectivity index (χ3n) is 3.70. The van der Waals surface area contributed by atoms with Gasteiger partial charge in [0.1, 0.15) is 6.10 Å². The number of hydrogen-bond acceptors (Lipinski definition) is 2. The minimum absolute atomic E-state index is 0.0229. The van der Waals surface area contributed by atoms with E-state index >= 15 is 0 Å². The van der Waals surface area contributed by atoms with E-state index in [1.165, 1.54) is 0 Å². The van der Waals surface area contributed by atoms with Gasteiger partial charge in [-0.05, 0) is 45.8 Å². The summed E-state index contributed by atoms with van der Waals surface area (Å²) in [6.45, 7) is 1.68. The molecule has 1 saturated heterocycles. The summed E-state index contributed by atoms with van der Waals surface area (Å²) in [5.41, 5.74) is 1.72. The van der Waals surface area contributed by atoms with Crippen molar-refractivity contribution in [1.82, 2.24) is 4.90 Å². The minimum atomic E-state index is -0.113. The summed E-state index contributed by atoms with van der Waals surface area (Å²) >= 11 is 9.35. The van der Waals surface area contributed by atoms with Crippen LogP contribution in [0.15, 0.2) is 53.0 Å². The van der Waals surface area contributed by atoms with Crippen LogP contribution < -0.4 is 0 Å². The summed E-state index contributed by atoms with van der Waals surface area (Å²) in [7, 11) is 0. The molecule has 1 heterocycles. The molecule has 0 radical (unpaired) electrons. The second-order valence-electron chi connectivity index (χ2n) is 5.14. The number of halogens is 2. The van der Waals surface area contributed by atoms with E-state index in [-0.39, 0.29) is 12.0 Å². The molecular weight excluding hydrogens is 366 g/mol. The zero-order valence-electron chi connectivity index (χ0n) is 11.8. The maximum absolute atomic E-state index is 12.7. The molecule has 5 heteroatoms. The Balaban J connectivity index is 1.77. The molecule has 1 fully saturated rings. The second kappa shape index (κ2) is 6.82. The molecule has 1 atom stereocenters. The largest absolute Gasteiger partial charge is 0.370 e. The van der Waals surface area contributed by atoms with Crippen LogP contribution in [0.2, 0.25) is 5.02 Å². The van der Waals surface area contributed by atoms with E-state index in [1.54, 1.807) is 0 Å². The number of amides is 1. The van der Waals surface area contributed by atoms with Crippen molar-refractivity contribution in [2.24, 2.45) is 0 Å². The van der Waals surface area contributed by atoms with Gasteiger partial charge in [0.25, 0.3) is 5.91 Å². The molecule has 1 aliphatic heterocycles. The first-order chi connectivity index (χ1) is 10.6. The fraction of sp³-hybridized carbons (Fsp3) is 0.235. The van der Waals surface area contributed by atoms with Gasteiger partial charge in [-0.3, -0.25) is 4.79 Å². The van der Waals surface area contributed by atoms with E-state index in [4.69, 9.17) is 16.3 Å². The van der Waals surface area contributed by atoms with Crippen LogP contribution in [0.3, 0.4) is 0 Å². The summed E-state index contributed by atoms with van der Waals surface area (Å²) in [6, 6.07) is 15.1. The van der Waals surface area contributed by atoms with Crippen molar-refractivity contribution in [3.8, 4) is 0 Å². The lowest BCUT2D eigenvalue weighted by atomic mass is 10.1. The molecule has 1 amide bonds. The second-order valence-corrected chi connectivity index (χ2v) is 6.43. The van der Waals surface area contributed by atoms with E-state index in [1.807, 2.05) is 53.4 Å². The van der Waals surface area contributed by atoms with Crippen molar-refractivity contribution in [2.45, 2.75) is 6.10 Å². The maximum Gasteiger partial charge on any atom is 0.255 e. The molecule has 0 spiro atoms. The molecule has 22 heavy (non-hydrogen) atoms. The molecule has 0 aromatic heterocycles. The van der Waals surface area contributed by atoms with Crippen LogP contribution in [0, 0.1) is 0 Å². The molecule has 2 aromatic rings. The summed E-state index contributed by atoms with van der Waals surface area (Å²) < 4.78 is 6.62. The molecule has 0 N–H and O–H groups in total. The highest BCUT2D eigenvalue weighted by Gasteiger charge is 2.26. The van der Waals surface area contributed by atoms with Crippen molar-refractivity contribution in [3.05, 3.63) is 69.2 Å². The lowest BCUT2D eigenvalue weighted by molar-refractivity contribution is -0.0228. The smallest absolute Gasteiger partial charge is 0.255 e. The third-order valence-corrected chi connectivity index (χ3v) is 4.64. The molecule has 2 aromatic carbocycles. The molecule has 1 aliphatic rings. The van der Waals surface area contributed by atoms with Gasteiger partial charge in [-0.15, -0.1) is 0 Å². The van der Waals surface area contributed by atoms with Crippen LogP contribution in [-0.2, 0) is 4.74 Å². The predicted octanol–water partition coefficient (Wildman–Crippen LogP) is 4.32. The summed E-state index contributed by atoms with van der Waals surface area (Å²) in [5, 5.41) is 0.695. The number of nitrogens with zero attached hydrogens (tertiary/aromatic N) is 1. The fourth-order valence-electron chi connectivity index (χ4n) is 2.52. The maximum atomic E-state index is 12.7. The minimum Gasteiger partial charge on any atom is -0.370 e. The highest BCUT2D eigenvalue weighted by Crippen LogP contribution is 2.26. The van der Waals surface area contributed by atoms with E-state index in [2.05, 4.69) is 15.9 Å². The van der Waals surface area contributed by atoms with Gasteiger partial charge in [-0.1, -0.05) is 35.9 Å². The fourth-order valence-corrected chi connectivity index (χ4v) is 3.10. The predicted molar refractivity (Wildman–Crippen MR) is 90.2 cm³/mol. The Morgan fingerprint density at radius 1 is 1.18 bits per heavy atom. The lowest BCUT2D eigenvalue weighted by Gasteiger charge is -2.33. The van der Waals surface area contributed by atoms with Gasteiger partial charge in [-0.2, -0.15) is 0 Å². The van der Waals surface area contributed by atoms with Crippen molar-refractivity contribution in [1.29, 1.82) is 0 Å². The number of ether oxygens (including phenoxy) is 1. The molecule has 1 unspecified atom stereocenters. The molecule has 0 bridgehead atoms.